The van der Waals surface area contributed by atoms with E-state index in [2.05, 4.69) is 21.2 Å². The van der Waals surface area contributed by atoms with Gasteiger partial charge in [-0.15, -0.1) is 0 Å². The molecule has 0 aromatic heterocycles. The van der Waals surface area contributed by atoms with Crippen LogP contribution in [0.4, 0.5) is 11.4 Å². The predicted molar refractivity (Wildman–Crippen MR) is 84.3 cm³/mol. The van der Waals surface area contributed by atoms with Gasteiger partial charge in [0.2, 0.25) is 0 Å². The fourth-order valence-electron chi connectivity index (χ4n) is 1.83. The second-order valence-corrected chi connectivity index (χ2v) is 5.63. The molecule has 6 heteroatoms. The molecule has 4 nitrogen and oxygen atoms in total. The molecule has 0 aliphatic rings. The second kappa shape index (κ2) is 6.24. The van der Waals surface area contributed by atoms with Crippen molar-refractivity contribution in [2.75, 3.05) is 5.32 Å². The van der Waals surface area contributed by atoms with E-state index >= 15 is 0 Å². The number of nitrogens with one attached hydrogen (secondary N) is 1. The lowest BCUT2D eigenvalue weighted by atomic mass is 10.1. The Kier molecular flexibility index (Phi) is 4.62. The number of nitro groups is 1. The highest BCUT2D eigenvalue weighted by atomic mass is 79.9. The van der Waals surface area contributed by atoms with Gasteiger partial charge in [-0.05, 0) is 46.6 Å². The average molecular weight is 356 g/mol. The van der Waals surface area contributed by atoms with E-state index in [1.54, 1.807) is 24.3 Å². The van der Waals surface area contributed by atoms with Gasteiger partial charge in [0.05, 0.1) is 10.6 Å². The molecule has 0 spiro atoms. The molecule has 2 aromatic carbocycles. The molecule has 0 amide bonds. The van der Waals surface area contributed by atoms with Gasteiger partial charge in [0.25, 0.3) is 5.69 Å². The molecule has 1 unspecified atom stereocenters. The third-order valence-corrected chi connectivity index (χ3v) is 3.81. The Labute approximate surface area is 130 Å². The molecule has 0 aliphatic carbocycles. The fraction of sp³-hybridized carbons (Fsp3) is 0.143. The zero-order valence-electron chi connectivity index (χ0n) is 10.6. The molecule has 0 saturated heterocycles. The Morgan fingerprint density at radius 1 is 1.30 bits per heavy atom. The monoisotopic (exact) mass is 354 g/mol. The van der Waals surface area contributed by atoms with Crippen molar-refractivity contribution in [2.24, 2.45) is 0 Å². The molecule has 2 aromatic rings. The van der Waals surface area contributed by atoms with E-state index < -0.39 is 4.92 Å². The van der Waals surface area contributed by atoms with Gasteiger partial charge in [-0.2, -0.15) is 0 Å². The molecule has 0 heterocycles. The number of rotatable bonds is 4. The summed E-state index contributed by atoms with van der Waals surface area (Å²) in [6.07, 6.45) is 0. The first-order valence-electron chi connectivity index (χ1n) is 5.93. The number of anilines is 1. The van der Waals surface area contributed by atoms with E-state index in [0.717, 1.165) is 15.7 Å². The number of non-ortho nitro benzene ring substituents is 1. The number of benzene rings is 2. The summed E-state index contributed by atoms with van der Waals surface area (Å²) < 4.78 is 0.888. The first kappa shape index (κ1) is 14.8. The number of nitrogens with zero attached hydrogens (tertiary/aromatic N) is 1. The molecular formula is C14H12BrClN2O2. The lowest BCUT2D eigenvalue weighted by molar-refractivity contribution is -0.384. The maximum Gasteiger partial charge on any atom is 0.269 e. The summed E-state index contributed by atoms with van der Waals surface area (Å²) in [4.78, 5) is 10.4. The van der Waals surface area contributed by atoms with Crippen molar-refractivity contribution in [1.82, 2.24) is 0 Å². The molecule has 0 fully saturated rings. The summed E-state index contributed by atoms with van der Waals surface area (Å²) in [7, 11) is 0. The predicted octanol–water partition coefficient (Wildman–Crippen LogP) is 5.18. The van der Waals surface area contributed by atoms with E-state index in [1.807, 2.05) is 19.1 Å². The molecule has 0 bridgehead atoms. The van der Waals surface area contributed by atoms with Crippen LogP contribution in [-0.4, -0.2) is 4.92 Å². The Hall–Kier alpha value is -1.59. The fourth-order valence-corrected chi connectivity index (χ4v) is 2.37. The van der Waals surface area contributed by atoms with E-state index in [0.29, 0.717) is 5.02 Å². The molecule has 1 atom stereocenters. The number of hydrogen-bond donors (Lipinski definition) is 1. The van der Waals surface area contributed by atoms with Gasteiger partial charge >= 0.3 is 0 Å². The van der Waals surface area contributed by atoms with Crippen LogP contribution in [0, 0.1) is 10.1 Å². The van der Waals surface area contributed by atoms with Crippen LogP contribution in [0.3, 0.4) is 0 Å². The number of halogens is 2. The minimum atomic E-state index is -0.397. The van der Waals surface area contributed by atoms with Crippen molar-refractivity contribution in [2.45, 2.75) is 13.0 Å². The Morgan fingerprint density at radius 2 is 2.05 bits per heavy atom. The van der Waals surface area contributed by atoms with Crippen LogP contribution in [0.25, 0.3) is 0 Å². The Balaban J connectivity index is 2.23. The first-order valence-corrected chi connectivity index (χ1v) is 7.10. The van der Waals surface area contributed by atoms with Crippen molar-refractivity contribution in [1.29, 1.82) is 0 Å². The summed E-state index contributed by atoms with van der Waals surface area (Å²) in [6.45, 7) is 1.94. The van der Waals surface area contributed by atoms with Crippen molar-refractivity contribution < 1.29 is 4.92 Å². The summed E-state index contributed by atoms with van der Waals surface area (Å²) in [5.74, 6) is 0. The largest absolute Gasteiger partial charge is 0.378 e. The van der Waals surface area contributed by atoms with Crippen molar-refractivity contribution >= 4 is 38.9 Å². The van der Waals surface area contributed by atoms with Gasteiger partial charge in [0, 0.05) is 27.7 Å². The summed E-state index contributed by atoms with van der Waals surface area (Å²) in [6, 6.07) is 11.9. The lowest BCUT2D eigenvalue weighted by Crippen LogP contribution is -2.07. The summed E-state index contributed by atoms with van der Waals surface area (Å²) in [5, 5.41) is 14.7. The van der Waals surface area contributed by atoms with Gasteiger partial charge in [-0.1, -0.05) is 23.7 Å². The minimum absolute atomic E-state index is 0.0790. The van der Waals surface area contributed by atoms with Crippen molar-refractivity contribution in [3.05, 3.63) is 67.6 Å². The third-order valence-electron chi connectivity index (χ3n) is 2.88. The second-order valence-electron chi connectivity index (χ2n) is 4.34. The van der Waals surface area contributed by atoms with Crippen LogP contribution >= 0.6 is 27.5 Å². The molecule has 1 N–H and O–H groups in total. The van der Waals surface area contributed by atoms with Crippen LogP contribution in [-0.2, 0) is 0 Å². The normalized spacial score (nSPS) is 11.9. The molecule has 104 valence electrons. The molecule has 2 rings (SSSR count). The molecular weight excluding hydrogens is 344 g/mol. The van der Waals surface area contributed by atoms with Gasteiger partial charge in [-0.25, -0.2) is 0 Å². The van der Waals surface area contributed by atoms with Gasteiger partial charge in [-0.3, -0.25) is 10.1 Å². The highest BCUT2D eigenvalue weighted by Crippen LogP contribution is 2.30. The minimum Gasteiger partial charge on any atom is -0.378 e. The van der Waals surface area contributed by atoms with Crippen LogP contribution in [0.5, 0.6) is 0 Å². The highest BCUT2D eigenvalue weighted by Gasteiger charge is 2.12. The van der Waals surface area contributed by atoms with Crippen LogP contribution in [0.15, 0.2) is 46.9 Å². The zero-order valence-corrected chi connectivity index (χ0v) is 13.0. The topological polar surface area (TPSA) is 55.2 Å². The maximum atomic E-state index is 10.8. The maximum absolute atomic E-state index is 10.8. The summed E-state index contributed by atoms with van der Waals surface area (Å²) in [5.41, 5.74) is 1.77. The Bertz CT molecular complexity index is 649. The SMILES string of the molecule is CC(Nc1cc(Cl)ccc1Br)c1cccc([N+](=O)[O-])c1. The summed E-state index contributed by atoms with van der Waals surface area (Å²) >= 11 is 9.40. The quantitative estimate of drug-likeness (QED) is 0.607. The van der Waals surface area contributed by atoms with Crippen molar-refractivity contribution in [3.63, 3.8) is 0 Å². The van der Waals surface area contributed by atoms with Crippen LogP contribution in [0.2, 0.25) is 5.02 Å². The van der Waals surface area contributed by atoms with E-state index in [-0.39, 0.29) is 11.7 Å². The Morgan fingerprint density at radius 3 is 2.75 bits per heavy atom. The highest BCUT2D eigenvalue weighted by molar-refractivity contribution is 9.10. The molecule has 0 radical (unpaired) electrons. The lowest BCUT2D eigenvalue weighted by Gasteiger charge is -2.17. The van der Waals surface area contributed by atoms with Gasteiger partial charge < -0.3 is 5.32 Å². The van der Waals surface area contributed by atoms with E-state index in [1.165, 1.54) is 6.07 Å². The number of nitro benzene ring substituents is 1. The third kappa shape index (κ3) is 3.49. The zero-order chi connectivity index (χ0) is 14.7. The van der Waals surface area contributed by atoms with Crippen LogP contribution < -0.4 is 5.32 Å². The standard InChI is InChI=1S/C14H12BrClN2O2/c1-9(10-3-2-4-12(7-10)18(19)20)17-14-8-11(16)5-6-13(14)15/h2-9,17H,1H3. The average Bonchev–Trinajstić information content (AvgIpc) is 2.43. The van der Waals surface area contributed by atoms with Crippen molar-refractivity contribution in [3.8, 4) is 0 Å². The molecule has 0 aliphatic heterocycles. The van der Waals surface area contributed by atoms with Gasteiger partial charge in [0.15, 0.2) is 0 Å². The first-order chi connectivity index (χ1) is 9.47. The smallest absolute Gasteiger partial charge is 0.269 e. The van der Waals surface area contributed by atoms with E-state index in [4.69, 9.17) is 11.6 Å². The molecule has 20 heavy (non-hydrogen) atoms. The number of hydrogen-bond acceptors (Lipinski definition) is 3. The molecule has 0 saturated carbocycles. The van der Waals surface area contributed by atoms with E-state index in [9.17, 15) is 10.1 Å². The van der Waals surface area contributed by atoms with Crippen LogP contribution in [0.1, 0.15) is 18.5 Å². The van der Waals surface area contributed by atoms with Gasteiger partial charge in [0.1, 0.15) is 0 Å².